The van der Waals surface area contributed by atoms with Gasteiger partial charge in [-0.15, -0.1) is 0 Å². The van der Waals surface area contributed by atoms with Gasteiger partial charge in [-0.1, -0.05) is 0 Å². The Morgan fingerprint density at radius 2 is 1.60 bits per heavy atom. The van der Waals surface area contributed by atoms with Gasteiger partial charge in [-0.25, -0.2) is 0 Å². The van der Waals surface area contributed by atoms with Crippen molar-refractivity contribution in [2.75, 3.05) is 6.54 Å². The molecule has 1 rings (SSSR count). The Bertz CT molecular complexity index is 106. The molecule has 1 aliphatic rings. The van der Waals surface area contributed by atoms with E-state index in [0.29, 0.717) is 0 Å². The summed E-state index contributed by atoms with van der Waals surface area (Å²) in [5.74, 6) is 0. The van der Waals surface area contributed by atoms with Crippen LogP contribution in [0.15, 0.2) is 0 Å². The SMILES string of the molecule is OC1CN[C@H](O)C(O)[C@@H]1O. The van der Waals surface area contributed by atoms with Crippen LogP contribution in [0.5, 0.6) is 0 Å². The average molecular weight is 149 g/mol. The van der Waals surface area contributed by atoms with E-state index in [9.17, 15) is 0 Å². The molecule has 0 saturated carbocycles. The molecule has 2 unspecified atom stereocenters. The van der Waals surface area contributed by atoms with Crippen LogP contribution in [0.4, 0.5) is 0 Å². The number of hydrogen-bond acceptors (Lipinski definition) is 5. The van der Waals surface area contributed by atoms with E-state index in [4.69, 9.17) is 20.4 Å². The summed E-state index contributed by atoms with van der Waals surface area (Å²) in [5.41, 5.74) is 0. The molecule has 0 amide bonds. The number of nitrogens with one attached hydrogen (secondary N) is 1. The molecule has 0 bridgehead atoms. The van der Waals surface area contributed by atoms with Gasteiger partial charge in [0.15, 0.2) is 0 Å². The van der Waals surface area contributed by atoms with Gasteiger partial charge >= 0.3 is 0 Å². The predicted molar refractivity (Wildman–Crippen MR) is 32.0 cm³/mol. The quantitative estimate of drug-likeness (QED) is 0.253. The molecular formula is C5H11NO4. The van der Waals surface area contributed by atoms with Crippen molar-refractivity contribution in [3.63, 3.8) is 0 Å². The van der Waals surface area contributed by atoms with Gasteiger partial charge in [-0.3, -0.25) is 5.32 Å². The highest BCUT2D eigenvalue weighted by molar-refractivity contribution is 4.86. The van der Waals surface area contributed by atoms with Crippen molar-refractivity contribution in [1.82, 2.24) is 5.32 Å². The lowest BCUT2D eigenvalue weighted by molar-refractivity contribution is -0.139. The van der Waals surface area contributed by atoms with E-state index in [1.165, 1.54) is 0 Å². The first-order chi connectivity index (χ1) is 4.63. The minimum atomic E-state index is -1.30. The Hall–Kier alpha value is -0.200. The zero-order chi connectivity index (χ0) is 7.72. The predicted octanol–water partition coefficient (Wildman–Crippen LogP) is -3.01. The average Bonchev–Trinajstić information content (AvgIpc) is 1.93. The van der Waals surface area contributed by atoms with Crippen molar-refractivity contribution in [2.45, 2.75) is 24.5 Å². The van der Waals surface area contributed by atoms with Gasteiger partial charge in [0.25, 0.3) is 0 Å². The standard InChI is InChI=1S/C5H11NO4/c7-2-1-6-5(10)4(9)3(2)8/h2-10H,1H2/t2?,3-,4?,5-/m1/s1. The van der Waals surface area contributed by atoms with E-state index < -0.39 is 24.5 Å². The van der Waals surface area contributed by atoms with E-state index in [1.54, 1.807) is 0 Å². The molecule has 1 heterocycles. The molecule has 5 nitrogen and oxygen atoms in total. The second-order valence-corrected chi connectivity index (χ2v) is 2.40. The first kappa shape index (κ1) is 7.90. The Morgan fingerprint density at radius 1 is 1.00 bits per heavy atom. The number of aliphatic hydroxyl groups excluding tert-OH is 4. The van der Waals surface area contributed by atoms with Crippen molar-refractivity contribution < 1.29 is 20.4 Å². The highest BCUT2D eigenvalue weighted by Gasteiger charge is 2.34. The molecule has 1 saturated heterocycles. The summed E-state index contributed by atoms with van der Waals surface area (Å²) in [4.78, 5) is 0. The molecule has 0 aromatic rings. The van der Waals surface area contributed by atoms with Gasteiger partial charge in [0.05, 0.1) is 6.10 Å². The maximum atomic E-state index is 8.92. The maximum Gasteiger partial charge on any atom is 0.133 e. The Kier molecular flexibility index (Phi) is 2.22. The summed E-state index contributed by atoms with van der Waals surface area (Å²) < 4.78 is 0. The second kappa shape index (κ2) is 2.81. The van der Waals surface area contributed by atoms with Gasteiger partial charge in [-0.2, -0.15) is 0 Å². The molecule has 0 aromatic heterocycles. The molecule has 5 heteroatoms. The number of piperidine rings is 1. The highest BCUT2D eigenvalue weighted by atomic mass is 16.4. The van der Waals surface area contributed by atoms with Gasteiger partial charge < -0.3 is 20.4 Å². The lowest BCUT2D eigenvalue weighted by Crippen LogP contribution is -2.59. The van der Waals surface area contributed by atoms with Crippen LogP contribution in [-0.4, -0.2) is 51.5 Å². The van der Waals surface area contributed by atoms with Gasteiger partial charge in [0.1, 0.15) is 18.4 Å². The smallest absolute Gasteiger partial charge is 0.133 e. The van der Waals surface area contributed by atoms with Crippen LogP contribution >= 0.6 is 0 Å². The summed E-state index contributed by atoms with van der Waals surface area (Å²) in [6.45, 7) is 0.0966. The molecule has 4 atom stereocenters. The Morgan fingerprint density at radius 3 is 2.10 bits per heavy atom. The van der Waals surface area contributed by atoms with Gasteiger partial charge in [-0.05, 0) is 0 Å². The van der Waals surface area contributed by atoms with E-state index in [-0.39, 0.29) is 6.54 Å². The van der Waals surface area contributed by atoms with Crippen LogP contribution in [0.3, 0.4) is 0 Å². The van der Waals surface area contributed by atoms with Crippen LogP contribution in [0.25, 0.3) is 0 Å². The zero-order valence-corrected chi connectivity index (χ0v) is 5.31. The molecule has 1 fully saturated rings. The van der Waals surface area contributed by atoms with Crippen LogP contribution in [0.1, 0.15) is 0 Å². The lowest BCUT2D eigenvalue weighted by Gasteiger charge is -2.32. The fraction of sp³-hybridized carbons (Fsp3) is 1.00. The van der Waals surface area contributed by atoms with E-state index in [2.05, 4.69) is 5.32 Å². The number of hydrogen-bond donors (Lipinski definition) is 5. The van der Waals surface area contributed by atoms with Crippen LogP contribution in [-0.2, 0) is 0 Å². The molecular weight excluding hydrogens is 138 g/mol. The minimum Gasteiger partial charge on any atom is -0.389 e. The minimum absolute atomic E-state index is 0.0966. The summed E-state index contributed by atoms with van der Waals surface area (Å²) >= 11 is 0. The molecule has 10 heavy (non-hydrogen) atoms. The fourth-order valence-corrected chi connectivity index (χ4v) is 0.897. The molecule has 60 valence electrons. The number of β-amino-alcohol motifs (C(OH)–C–C–N with tert-alkyl or cyclic N) is 1. The summed E-state index contributed by atoms with van der Waals surface area (Å²) in [6.07, 6.45) is -4.70. The highest BCUT2D eigenvalue weighted by Crippen LogP contribution is 2.07. The largest absolute Gasteiger partial charge is 0.389 e. The number of aliphatic hydroxyl groups is 4. The first-order valence-electron chi connectivity index (χ1n) is 3.08. The van der Waals surface area contributed by atoms with E-state index in [0.717, 1.165) is 0 Å². The normalized spacial score (nSPS) is 49.2. The lowest BCUT2D eigenvalue weighted by atomic mass is 10.0. The van der Waals surface area contributed by atoms with Gasteiger partial charge in [0, 0.05) is 6.54 Å². The number of rotatable bonds is 0. The molecule has 0 aromatic carbocycles. The van der Waals surface area contributed by atoms with Crippen molar-refractivity contribution >= 4 is 0 Å². The van der Waals surface area contributed by atoms with Crippen molar-refractivity contribution in [3.05, 3.63) is 0 Å². The van der Waals surface area contributed by atoms with Crippen molar-refractivity contribution in [1.29, 1.82) is 0 Å². The van der Waals surface area contributed by atoms with E-state index >= 15 is 0 Å². The first-order valence-corrected chi connectivity index (χ1v) is 3.08. The summed E-state index contributed by atoms with van der Waals surface area (Å²) in [7, 11) is 0. The third-order valence-corrected chi connectivity index (χ3v) is 1.60. The summed E-state index contributed by atoms with van der Waals surface area (Å²) in [5, 5.41) is 37.9. The molecule has 5 N–H and O–H groups in total. The molecule has 0 aliphatic carbocycles. The Labute approximate surface area is 57.9 Å². The maximum absolute atomic E-state index is 8.92. The third kappa shape index (κ3) is 1.28. The topological polar surface area (TPSA) is 93.0 Å². The second-order valence-electron chi connectivity index (χ2n) is 2.40. The van der Waals surface area contributed by atoms with Gasteiger partial charge in [0.2, 0.25) is 0 Å². The van der Waals surface area contributed by atoms with Crippen molar-refractivity contribution in [2.24, 2.45) is 0 Å². The monoisotopic (exact) mass is 149 g/mol. The zero-order valence-electron chi connectivity index (χ0n) is 5.31. The van der Waals surface area contributed by atoms with Crippen LogP contribution < -0.4 is 5.32 Å². The molecule has 0 spiro atoms. The molecule has 1 aliphatic heterocycles. The molecule has 0 radical (unpaired) electrons. The van der Waals surface area contributed by atoms with E-state index in [1.807, 2.05) is 0 Å². The van der Waals surface area contributed by atoms with Crippen LogP contribution in [0, 0.1) is 0 Å². The van der Waals surface area contributed by atoms with Crippen molar-refractivity contribution in [3.8, 4) is 0 Å². The Balaban J connectivity index is 2.52. The fourth-order valence-electron chi connectivity index (χ4n) is 0.897. The summed E-state index contributed by atoms with van der Waals surface area (Å²) in [6, 6.07) is 0. The third-order valence-electron chi connectivity index (χ3n) is 1.60. The van der Waals surface area contributed by atoms with Crippen LogP contribution in [0.2, 0.25) is 0 Å².